The van der Waals surface area contributed by atoms with Gasteiger partial charge in [-0.05, 0) is 50.2 Å². The maximum absolute atomic E-state index is 12.0. The van der Waals surface area contributed by atoms with E-state index < -0.39 is 0 Å². The van der Waals surface area contributed by atoms with Gasteiger partial charge in [-0.3, -0.25) is 4.79 Å². The second kappa shape index (κ2) is 5.58. The molecule has 0 unspecified atom stereocenters. The van der Waals surface area contributed by atoms with Crippen LogP contribution in [0.2, 0.25) is 0 Å². The highest BCUT2D eigenvalue weighted by Gasteiger charge is 2.39. The lowest BCUT2D eigenvalue weighted by Crippen LogP contribution is -2.39. The Balaban J connectivity index is 1.45. The monoisotopic (exact) mass is 275 g/mol. The van der Waals surface area contributed by atoms with Gasteiger partial charge in [0, 0.05) is 10.9 Å². The lowest BCUT2D eigenvalue weighted by atomic mass is 9.95. The Morgan fingerprint density at radius 3 is 2.68 bits per heavy atom. The Hall–Kier alpha value is -0.960. The molecule has 2 saturated carbocycles. The van der Waals surface area contributed by atoms with Crippen LogP contribution >= 0.6 is 11.8 Å². The summed E-state index contributed by atoms with van der Waals surface area (Å²) in [4.78, 5) is 13.2. The number of benzene rings is 1. The molecule has 2 aliphatic carbocycles. The first-order valence-corrected chi connectivity index (χ1v) is 8.18. The number of carbonyl (C=O) groups is 1. The van der Waals surface area contributed by atoms with Gasteiger partial charge < -0.3 is 5.32 Å². The zero-order chi connectivity index (χ0) is 13.2. The maximum atomic E-state index is 12.0. The molecule has 1 aromatic carbocycles. The lowest BCUT2D eigenvalue weighted by Gasteiger charge is -2.22. The van der Waals surface area contributed by atoms with Gasteiger partial charge in [-0.1, -0.05) is 24.1 Å². The smallest absolute Gasteiger partial charge is 0.230 e. The zero-order valence-corrected chi connectivity index (χ0v) is 12.2. The molecule has 0 aromatic heterocycles. The number of amides is 1. The third kappa shape index (κ3) is 3.14. The van der Waals surface area contributed by atoms with Crippen molar-refractivity contribution >= 4 is 17.7 Å². The van der Waals surface area contributed by atoms with Crippen molar-refractivity contribution in [2.24, 2.45) is 11.8 Å². The van der Waals surface area contributed by atoms with Crippen LogP contribution in [0, 0.1) is 18.8 Å². The standard InChI is InChI=1S/C16H21NOS/c1-11-2-6-14(7-3-11)19-10-16(18)17-15-9-12-4-5-13(15)8-12/h2-3,6-7,12-13,15H,4-5,8-10H2,1H3,(H,17,18)/t12-,13+,15-/m0/s1. The number of carbonyl (C=O) groups excluding carboxylic acids is 1. The van der Waals surface area contributed by atoms with Crippen LogP contribution < -0.4 is 5.32 Å². The summed E-state index contributed by atoms with van der Waals surface area (Å²) >= 11 is 1.63. The number of rotatable bonds is 4. The lowest BCUT2D eigenvalue weighted by molar-refractivity contribution is -0.119. The third-order valence-electron chi connectivity index (χ3n) is 4.48. The first-order valence-electron chi connectivity index (χ1n) is 7.19. The highest BCUT2D eigenvalue weighted by atomic mass is 32.2. The van der Waals surface area contributed by atoms with Gasteiger partial charge in [-0.2, -0.15) is 0 Å². The van der Waals surface area contributed by atoms with Crippen molar-refractivity contribution in [2.45, 2.75) is 43.5 Å². The van der Waals surface area contributed by atoms with Crippen LogP contribution in [0.4, 0.5) is 0 Å². The molecule has 3 atom stereocenters. The summed E-state index contributed by atoms with van der Waals surface area (Å²) in [6.45, 7) is 2.08. The SMILES string of the molecule is Cc1ccc(SCC(=O)N[C@H]2C[C@H]3CC[C@@H]2C3)cc1. The average molecular weight is 275 g/mol. The molecule has 19 heavy (non-hydrogen) atoms. The van der Waals surface area contributed by atoms with Crippen LogP contribution in [-0.4, -0.2) is 17.7 Å². The number of hydrogen-bond donors (Lipinski definition) is 1. The molecule has 1 aromatic rings. The molecular formula is C16H21NOS. The van der Waals surface area contributed by atoms with E-state index in [1.165, 1.54) is 36.1 Å². The van der Waals surface area contributed by atoms with E-state index in [1.807, 2.05) is 0 Å². The largest absolute Gasteiger partial charge is 0.352 e. The summed E-state index contributed by atoms with van der Waals surface area (Å²) in [5, 5.41) is 3.23. The third-order valence-corrected chi connectivity index (χ3v) is 5.49. The van der Waals surface area contributed by atoms with Crippen LogP contribution in [0.3, 0.4) is 0 Å². The van der Waals surface area contributed by atoms with Crippen molar-refractivity contribution in [3.63, 3.8) is 0 Å². The molecule has 2 fully saturated rings. The second-order valence-electron chi connectivity index (χ2n) is 5.95. The van der Waals surface area contributed by atoms with Gasteiger partial charge in [0.15, 0.2) is 0 Å². The quantitative estimate of drug-likeness (QED) is 0.853. The van der Waals surface area contributed by atoms with Gasteiger partial charge in [0.1, 0.15) is 0 Å². The zero-order valence-electron chi connectivity index (χ0n) is 11.4. The minimum atomic E-state index is 0.197. The Bertz CT molecular complexity index is 456. The van der Waals surface area contributed by atoms with Crippen LogP contribution in [0.1, 0.15) is 31.2 Å². The molecular weight excluding hydrogens is 254 g/mol. The van der Waals surface area contributed by atoms with Crippen molar-refractivity contribution < 1.29 is 4.79 Å². The summed E-state index contributed by atoms with van der Waals surface area (Å²) in [5.41, 5.74) is 1.26. The fourth-order valence-electron chi connectivity index (χ4n) is 3.45. The second-order valence-corrected chi connectivity index (χ2v) is 7.00. The van der Waals surface area contributed by atoms with Crippen LogP contribution in [0.25, 0.3) is 0 Å². The fraction of sp³-hybridized carbons (Fsp3) is 0.562. The summed E-state index contributed by atoms with van der Waals surface area (Å²) in [6, 6.07) is 8.83. The van der Waals surface area contributed by atoms with Gasteiger partial charge in [0.2, 0.25) is 5.91 Å². The first kappa shape index (κ1) is 13.0. The molecule has 1 amide bonds. The van der Waals surface area contributed by atoms with Gasteiger partial charge >= 0.3 is 0 Å². The molecule has 2 aliphatic rings. The van der Waals surface area contributed by atoms with Crippen LogP contribution in [-0.2, 0) is 4.79 Å². The van der Waals surface area contributed by atoms with E-state index in [9.17, 15) is 4.79 Å². The first-order chi connectivity index (χ1) is 9.20. The van der Waals surface area contributed by atoms with Gasteiger partial charge in [0.25, 0.3) is 0 Å². The molecule has 1 N–H and O–H groups in total. The van der Waals surface area contributed by atoms with E-state index >= 15 is 0 Å². The minimum absolute atomic E-state index is 0.197. The highest BCUT2D eigenvalue weighted by Crippen LogP contribution is 2.44. The molecule has 0 aliphatic heterocycles. The Morgan fingerprint density at radius 2 is 2.05 bits per heavy atom. The normalized spacial score (nSPS) is 28.6. The minimum Gasteiger partial charge on any atom is -0.352 e. The molecule has 2 bridgehead atoms. The Labute approximate surface area is 119 Å². The molecule has 102 valence electrons. The molecule has 3 rings (SSSR count). The van der Waals surface area contributed by atoms with Crippen molar-refractivity contribution in [2.75, 3.05) is 5.75 Å². The van der Waals surface area contributed by atoms with Crippen molar-refractivity contribution in [1.82, 2.24) is 5.32 Å². The summed E-state index contributed by atoms with van der Waals surface area (Å²) in [7, 11) is 0. The Morgan fingerprint density at radius 1 is 1.26 bits per heavy atom. The summed E-state index contributed by atoms with van der Waals surface area (Å²) in [6.07, 6.45) is 5.26. The van der Waals surface area contributed by atoms with Gasteiger partial charge in [-0.25, -0.2) is 0 Å². The number of fused-ring (bicyclic) bond motifs is 2. The number of hydrogen-bond acceptors (Lipinski definition) is 2. The number of nitrogens with one attached hydrogen (secondary N) is 1. The topological polar surface area (TPSA) is 29.1 Å². The maximum Gasteiger partial charge on any atom is 0.230 e. The van der Waals surface area contributed by atoms with Crippen LogP contribution in [0.5, 0.6) is 0 Å². The predicted octanol–water partition coefficient (Wildman–Crippen LogP) is 3.39. The van der Waals surface area contributed by atoms with E-state index in [2.05, 4.69) is 36.5 Å². The van der Waals surface area contributed by atoms with Crippen molar-refractivity contribution in [1.29, 1.82) is 0 Å². The van der Waals surface area contributed by atoms with Crippen molar-refractivity contribution in [3.05, 3.63) is 29.8 Å². The van der Waals surface area contributed by atoms with E-state index in [1.54, 1.807) is 11.8 Å². The Kier molecular flexibility index (Phi) is 3.83. The van der Waals surface area contributed by atoms with E-state index in [4.69, 9.17) is 0 Å². The fourth-order valence-corrected chi connectivity index (χ4v) is 4.16. The number of thioether (sulfide) groups is 1. The van der Waals surface area contributed by atoms with Crippen molar-refractivity contribution in [3.8, 4) is 0 Å². The summed E-state index contributed by atoms with van der Waals surface area (Å²) in [5.74, 6) is 2.39. The van der Waals surface area contributed by atoms with E-state index in [-0.39, 0.29) is 5.91 Å². The molecule has 0 saturated heterocycles. The molecule has 0 spiro atoms. The van der Waals surface area contributed by atoms with Gasteiger partial charge in [0.05, 0.1) is 5.75 Å². The van der Waals surface area contributed by atoms with E-state index in [0.29, 0.717) is 11.8 Å². The van der Waals surface area contributed by atoms with E-state index in [0.717, 1.165) is 11.8 Å². The number of aryl methyl sites for hydroxylation is 1. The molecule has 0 radical (unpaired) electrons. The molecule has 3 heteroatoms. The van der Waals surface area contributed by atoms with Crippen LogP contribution in [0.15, 0.2) is 29.2 Å². The molecule has 2 nitrogen and oxygen atoms in total. The average Bonchev–Trinajstić information content (AvgIpc) is 3.00. The summed E-state index contributed by atoms with van der Waals surface area (Å²) < 4.78 is 0. The molecule has 0 heterocycles. The van der Waals surface area contributed by atoms with Gasteiger partial charge in [-0.15, -0.1) is 11.8 Å². The highest BCUT2D eigenvalue weighted by molar-refractivity contribution is 8.00. The predicted molar refractivity (Wildman–Crippen MR) is 79.3 cm³/mol.